The van der Waals surface area contributed by atoms with E-state index >= 15 is 0 Å². The van der Waals surface area contributed by atoms with Crippen LogP contribution in [0.2, 0.25) is 0 Å². The smallest absolute Gasteiger partial charge is 0.126 e. The van der Waals surface area contributed by atoms with Crippen LogP contribution in [0.4, 0.5) is 15.8 Å². The molecule has 0 spiro atoms. The summed E-state index contributed by atoms with van der Waals surface area (Å²) in [5.41, 5.74) is 8.79. The summed E-state index contributed by atoms with van der Waals surface area (Å²) >= 11 is 0. The van der Waals surface area contributed by atoms with Crippen molar-refractivity contribution < 1.29 is 4.39 Å². The van der Waals surface area contributed by atoms with Crippen molar-refractivity contribution in [1.82, 2.24) is 0 Å². The van der Waals surface area contributed by atoms with E-state index in [1.54, 1.807) is 18.2 Å². The molecule has 0 amide bonds. The fourth-order valence-electron chi connectivity index (χ4n) is 2.00. The Morgan fingerprint density at radius 1 is 1.15 bits per heavy atom. The van der Waals surface area contributed by atoms with Crippen LogP contribution in [-0.4, -0.2) is 6.54 Å². The standard InChI is InChI=1S/C16H16FN3/c17-15-4-2-1-3-12(15)8-10-20-14-5-6-16(19)13(11-14)7-9-18/h1-6,11,20H,7-8,10,19H2. The lowest BCUT2D eigenvalue weighted by molar-refractivity contribution is 0.610. The molecule has 0 bridgehead atoms. The van der Waals surface area contributed by atoms with Gasteiger partial charge in [0.05, 0.1) is 12.5 Å². The third-order valence-corrected chi connectivity index (χ3v) is 3.09. The number of anilines is 2. The molecule has 0 saturated heterocycles. The van der Waals surface area contributed by atoms with Gasteiger partial charge in [-0.3, -0.25) is 0 Å². The number of rotatable bonds is 5. The number of halogens is 1. The van der Waals surface area contributed by atoms with Gasteiger partial charge >= 0.3 is 0 Å². The molecule has 0 aliphatic carbocycles. The molecule has 0 aliphatic heterocycles. The predicted molar refractivity (Wildman–Crippen MR) is 78.8 cm³/mol. The zero-order chi connectivity index (χ0) is 14.4. The minimum absolute atomic E-state index is 0.184. The van der Waals surface area contributed by atoms with E-state index < -0.39 is 0 Å². The maximum atomic E-state index is 13.5. The van der Waals surface area contributed by atoms with Gasteiger partial charge in [0.25, 0.3) is 0 Å². The molecule has 0 radical (unpaired) electrons. The van der Waals surface area contributed by atoms with Crippen LogP contribution >= 0.6 is 0 Å². The molecule has 3 nitrogen and oxygen atoms in total. The molecule has 2 aromatic carbocycles. The molecular weight excluding hydrogens is 253 g/mol. The van der Waals surface area contributed by atoms with Crippen LogP contribution in [0.1, 0.15) is 11.1 Å². The Hall–Kier alpha value is -2.54. The first kappa shape index (κ1) is 13.9. The van der Waals surface area contributed by atoms with E-state index in [-0.39, 0.29) is 12.2 Å². The molecule has 102 valence electrons. The van der Waals surface area contributed by atoms with Gasteiger partial charge < -0.3 is 11.1 Å². The van der Waals surface area contributed by atoms with Crippen molar-refractivity contribution in [2.45, 2.75) is 12.8 Å². The highest BCUT2D eigenvalue weighted by Gasteiger charge is 2.02. The average Bonchev–Trinajstić information content (AvgIpc) is 2.45. The molecule has 2 rings (SSSR count). The van der Waals surface area contributed by atoms with E-state index in [4.69, 9.17) is 11.0 Å². The molecule has 0 aliphatic rings. The molecule has 3 N–H and O–H groups in total. The summed E-state index contributed by atoms with van der Waals surface area (Å²) in [6, 6.07) is 14.3. The highest BCUT2D eigenvalue weighted by atomic mass is 19.1. The normalized spacial score (nSPS) is 10.0. The lowest BCUT2D eigenvalue weighted by atomic mass is 10.1. The molecular formula is C16H16FN3. The predicted octanol–water partition coefficient (Wildman–Crippen LogP) is 3.13. The zero-order valence-corrected chi connectivity index (χ0v) is 11.1. The lowest BCUT2D eigenvalue weighted by Crippen LogP contribution is -2.07. The summed E-state index contributed by atoms with van der Waals surface area (Å²) in [6.07, 6.45) is 0.888. The molecule has 0 fully saturated rings. The van der Waals surface area contributed by atoms with Gasteiger partial charge in [-0.1, -0.05) is 18.2 Å². The van der Waals surface area contributed by atoms with Crippen molar-refractivity contribution in [1.29, 1.82) is 5.26 Å². The Balaban J connectivity index is 1.96. The third kappa shape index (κ3) is 3.48. The van der Waals surface area contributed by atoms with Crippen molar-refractivity contribution in [3.8, 4) is 6.07 Å². The fourth-order valence-corrected chi connectivity index (χ4v) is 2.00. The summed E-state index contributed by atoms with van der Waals surface area (Å²) < 4.78 is 13.5. The summed E-state index contributed by atoms with van der Waals surface area (Å²) in [7, 11) is 0. The van der Waals surface area contributed by atoms with Gasteiger partial charge in [-0.15, -0.1) is 0 Å². The topological polar surface area (TPSA) is 61.8 Å². The summed E-state index contributed by atoms with van der Waals surface area (Å²) in [6.45, 7) is 0.622. The van der Waals surface area contributed by atoms with E-state index in [2.05, 4.69) is 11.4 Å². The van der Waals surface area contributed by atoms with E-state index in [1.807, 2.05) is 18.2 Å². The maximum absolute atomic E-state index is 13.5. The maximum Gasteiger partial charge on any atom is 0.126 e. The van der Waals surface area contributed by atoms with E-state index in [9.17, 15) is 4.39 Å². The zero-order valence-electron chi connectivity index (χ0n) is 11.1. The number of hydrogen-bond acceptors (Lipinski definition) is 3. The van der Waals surface area contributed by atoms with Gasteiger partial charge in [-0.05, 0) is 41.8 Å². The van der Waals surface area contributed by atoms with Gasteiger partial charge in [0.2, 0.25) is 0 Å². The van der Waals surface area contributed by atoms with Gasteiger partial charge in [0, 0.05) is 17.9 Å². The second-order valence-corrected chi connectivity index (χ2v) is 4.52. The number of hydrogen-bond donors (Lipinski definition) is 2. The molecule has 0 atom stereocenters. The number of nitrogen functional groups attached to an aromatic ring is 1. The van der Waals surface area contributed by atoms with Crippen molar-refractivity contribution in [2.75, 3.05) is 17.6 Å². The van der Waals surface area contributed by atoms with Gasteiger partial charge in [0.1, 0.15) is 5.82 Å². The molecule has 4 heteroatoms. The second-order valence-electron chi connectivity index (χ2n) is 4.52. The van der Waals surface area contributed by atoms with Crippen molar-refractivity contribution >= 4 is 11.4 Å². The highest BCUT2D eigenvalue weighted by Crippen LogP contribution is 2.18. The second kappa shape index (κ2) is 6.58. The van der Waals surface area contributed by atoms with Gasteiger partial charge in [-0.25, -0.2) is 4.39 Å². The van der Waals surface area contributed by atoms with E-state index in [1.165, 1.54) is 6.07 Å². The number of nitrogens with one attached hydrogen (secondary N) is 1. The Morgan fingerprint density at radius 2 is 1.95 bits per heavy atom. The number of nitrogens with zero attached hydrogens (tertiary/aromatic N) is 1. The van der Waals surface area contributed by atoms with Crippen LogP contribution in [0.5, 0.6) is 0 Å². The van der Waals surface area contributed by atoms with Gasteiger partial charge in [-0.2, -0.15) is 5.26 Å². The summed E-state index contributed by atoms with van der Waals surface area (Å²) in [5.74, 6) is -0.184. The Bertz CT molecular complexity index is 632. The Morgan fingerprint density at radius 3 is 2.70 bits per heavy atom. The van der Waals surface area contributed by atoms with Crippen LogP contribution in [0.15, 0.2) is 42.5 Å². The van der Waals surface area contributed by atoms with Gasteiger partial charge in [0.15, 0.2) is 0 Å². The quantitative estimate of drug-likeness (QED) is 0.820. The Labute approximate surface area is 117 Å². The van der Waals surface area contributed by atoms with E-state index in [0.29, 0.717) is 24.2 Å². The fraction of sp³-hybridized carbons (Fsp3) is 0.188. The highest BCUT2D eigenvalue weighted by molar-refractivity contribution is 5.58. The summed E-state index contributed by atoms with van der Waals surface area (Å²) in [4.78, 5) is 0. The first-order valence-electron chi connectivity index (χ1n) is 6.43. The average molecular weight is 269 g/mol. The van der Waals surface area contributed by atoms with Crippen LogP contribution < -0.4 is 11.1 Å². The van der Waals surface area contributed by atoms with Crippen molar-refractivity contribution in [2.24, 2.45) is 0 Å². The SMILES string of the molecule is N#CCc1cc(NCCc2ccccc2F)ccc1N. The third-order valence-electron chi connectivity index (χ3n) is 3.09. The molecule has 0 heterocycles. The van der Waals surface area contributed by atoms with E-state index in [0.717, 1.165) is 11.3 Å². The Kier molecular flexibility index (Phi) is 4.56. The van der Waals surface area contributed by atoms with Crippen LogP contribution in [0.3, 0.4) is 0 Å². The first-order valence-corrected chi connectivity index (χ1v) is 6.43. The lowest BCUT2D eigenvalue weighted by Gasteiger charge is -2.09. The van der Waals surface area contributed by atoms with Crippen LogP contribution in [0.25, 0.3) is 0 Å². The number of nitriles is 1. The monoisotopic (exact) mass is 269 g/mol. The van der Waals surface area contributed by atoms with Crippen LogP contribution in [-0.2, 0) is 12.8 Å². The molecule has 0 saturated carbocycles. The summed E-state index contributed by atoms with van der Waals surface area (Å²) in [5, 5.41) is 11.9. The molecule has 0 aromatic heterocycles. The number of nitrogens with two attached hydrogens (primary N) is 1. The van der Waals surface area contributed by atoms with Crippen molar-refractivity contribution in [3.63, 3.8) is 0 Å². The first-order chi connectivity index (χ1) is 9.70. The molecule has 20 heavy (non-hydrogen) atoms. The molecule has 0 unspecified atom stereocenters. The largest absolute Gasteiger partial charge is 0.398 e. The molecule has 2 aromatic rings. The minimum atomic E-state index is -0.184. The number of benzene rings is 2. The van der Waals surface area contributed by atoms with Crippen LogP contribution in [0, 0.1) is 17.1 Å². The van der Waals surface area contributed by atoms with Crippen molar-refractivity contribution in [3.05, 3.63) is 59.4 Å². The minimum Gasteiger partial charge on any atom is -0.398 e.